The molecule has 0 bridgehead atoms. The zero-order valence-electron chi connectivity index (χ0n) is 7.69. The molecule has 0 amide bonds. The number of nitro benzene ring substituents is 1. The van der Waals surface area contributed by atoms with Crippen LogP contribution in [0.1, 0.15) is 13.8 Å². The molecule has 0 atom stereocenters. The average Bonchev–Trinajstić information content (AvgIpc) is 2.16. The molecule has 0 heterocycles. The van der Waals surface area contributed by atoms with Gasteiger partial charge in [-0.15, -0.1) is 0 Å². The van der Waals surface area contributed by atoms with Crippen LogP contribution in [-0.2, 0) is 0 Å². The van der Waals surface area contributed by atoms with Crippen molar-refractivity contribution in [1.82, 2.24) is 0 Å². The van der Waals surface area contributed by atoms with E-state index in [1.165, 1.54) is 0 Å². The number of non-ortho nitro benzene ring substituents is 1. The van der Waals surface area contributed by atoms with Gasteiger partial charge in [-0.05, 0) is 0 Å². The molecule has 0 aromatic heterocycles. The van der Waals surface area contributed by atoms with Crippen molar-refractivity contribution in [3.05, 3.63) is 27.3 Å². The third-order valence-electron chi connectivity index (χ3n) is 1.23. The maximum absolute atomic E-state index is 10.2. The molecule has 0 aliphatic heterocycles. The van der Waals surface area contributed by atoms with Gasteiger partial charge >= 0.3 is 0 Å². The smallest absolute Gasteiger partial charge is 0.276 e. The Hall–Kier alpha value is -1.49. The maximum Gasteiger partial charge on any atom is 0.276 e. The minimum Gasteiger partial charge on any atom is -0.506 e. The first-order valence-corrected chi connectivity index (χ1v) is 4.26. The van der Waals surface area contributed by atoms with Gasteiger partial charge in [0.1, 0.15) is 16.5 Å². The van der Waals surface area contributed by atoms with E-state index < -0.39 is 22.1 Å². The molecule has 0 unspecified atom stereocenters. The first kappa shape index (κ1) is 12.5. The van der Waals surface area contributed by atoms with Crippen LogP contribution in [0, 0.1) is 10.1 Å². The molecule has 0 saturated heterocycles. The van der Waals surface area contributed by atoms with Crippen molar-refractivity contribution in [3.63, 3.8) is 0 Å². The monoisotopic (exact) mass is 219 g/mol. The molecule has 0 saturated carbocycles. The second-order valence-corrected chi connectivity index (χ2v) is 2.43. The predicted octanol–water partition coefficient (Wildman–Crippen LogP) is 2.69. The first-order chi connectivity index (χ1) is 6.52. The minimum absolute atomic E-state index is 0.291. The number of phenolic OH excluding ortho intramolecular Hbond substituents is 2. The lowest BCUT2D eigenvalue weighted by molar-refractivity contribution is -0.385. The van der Waals surface area contributed by atoms with Crippen LogP contribution in [-0.4, -0.2) is 15.1 Å². The van der Waals surface area contributed by atoms with E-state index in [1.807, 2.05) is 13.8 Å². The van der Waals surface area contributed by atoms with Gasteiger partial charge in [-0.25, -0.2) is 0 Å². The molecule has 6 heteroatoms. The molecule has 14 heavy (non-hydrogen) atoms. The average molecular weight is 220 g/mol. The summed E-state index contributed by atoms with van der Waals surface area (Å²) in [6.45, 7) is 4.00. The summed E-state index contributed by atoms with van der Waals surface area (Å²) in [7, 11) is 0. The number of nitrogens with zero attached hydrogens (tertiary/aromatic N) is 1. The largest absolute Gasteiger partial charge is 0.506 e. The molecular formula is C8H10ClNO4. The molecule has 5 nitrogen and oxygen atoms in total. The van der Waals surface area contributed by atoms with E-state index >= 15 is 0 Å². The van der Waals surface area contributed by atoms with Gasteiger partial charge < -0.3 is 10.2 Å². The molecule has 0 spiro atoms. The van der Waals surface area contributed by atoms with Crippen LogP contribution >= 0.6 is 11.6 Å². The van der Waals surface area contributed by atoms with Gasteiger partial charge in [0.05, 0.1) is 17.1 Å². The summed E-state index contributed by atoms with van der Waals surface area (Å²) in [5.74, 6) is -1.02. The van der Waals surface area contributed by atoms with Gasteiger partial charge in [0.2, 0.25) is 0 Å². The fourth-order valence-electron chi connectivity index (χ4n) is 0.685. The van der Waals surface area contributed by atoms with E-state index in [0.717, 1.165) is 12.1 Å². The normalized spacial score (nSPS) is 8.79. The number of rotatable bonds is 1. The highest BCUT2D eigenvalue weighted by atomic mass is 35.5. The van der Waals surface area contributed by atoms with Crippen molar-refractivity contribution >= 4 is 17.3 Å². The lowest BCUT2D eigenvalue weighted by Gasteiger charge is -1.98. The molecule has 1 aromatic carbocycles. The highest BCUT2D eigenvalue weighted by Crippen LogP contribution is 2.36. The van der Waals surface area contributed by atoms with Crippen LogP contribution < -0.4 is 0 Å². The second-order valence-electron chi connectivity index (χ2n) is 2.06. The molecule has 1 aromatic rings. The van der Waals surface area contributed by atoms with Crippen LogP contribution in [0.3, 0.4) is 0 Å². The lowest BCUT2D eigenvalue weighted by Crippen LogP contribution is -1.87. The Morgan fingerprint density at radius 1 is 1.29 bits per heavy atom. The highest BCUT2D eigenvalue weighted by molar-refractivity contribution is 6.33. The molecule has 78 valence electrons. The number of halogens is 1. The summed E-state index contributed by atoms with van der Waals surface area (Å²) < 4.78 is 0. The van der Waals surface area contributed by atoms with E-state index in [9.17, 15) is 10.1 Å². The topological polar surface area (TPSA) is 83.6 Å². The van der Waals surface area contributed by atoms with Crippen molar-refractivity contribution in [2.45, 2.75) is 13.8 Å². The highest BCUT2D eigenvalue weighted by Gasteiger charge is 2.13. The van der Waals surface area contributed by atoms with Crippen molar-refractivity contribution in [2.24, 2.45) is 0 Å². The minimum atomic E-state index is -0.740. The Labute approximate surface area is 85.7 Å². The van der Waals surface area contributed by atoms with E-state index in [-0.39, 0.29) is 5.02 Å². The number of hydrogen-bond acceptors (Lipinski definition) is 4. The first-order valence-electron chi connectivity index (χ1n) is 3.88. The Morgan fingerprint density at radius 2 is 1.64 bits per heavy atom. The Bertz CT molecular complexity index is 317. The van der Waals surface area contributed by atoms with Crippen LogP contribution in [0.4, 0.5) is 5.69 Å². The van der Waals surface area contributed by atoms with Crippen LogP contribution in [0.2, 0.25) is 5.02 Å². The fourth-order valence-corrected chi connectivity index (χ4v) is 0.794. The predicted molar refractivity (Wildman–Crippen MR) is 52.8 cm³/mol. The van der Waals surface area contributed by atoms with Gasteiger partial charge in [0.25, 0.3) is 5.69 Å². The number of nitro groups is 1. The summed E-state index contributed by atoms with van der Waals surface area (Å²) in [5.41, 5.74) is -0.408. The van der Waals surface area contributed by atoms with E-state index in [0.29, 0.717) is 0 Å². The molecule has 0 radical (unpaired) electrons. The van der Waals surface area contributed by atoms with Gasteiger partial charge in [0, 0.05) is 0 Å². The molecule has 0 aliphatic rings. The summed E-state index contributed by atoms with van der Waals surface area (Å²) >= 11 is 5.33. The van der Waals surface area contributed by atoms with Crippen LogP contribution in [0.25, 0.3) is 0 Å². The Morgan fingerprint density at radius 3 is 1.93 bits per heavy atom. The van der Waals surface area contributed by atoms with Crippen LogP contribution in [0.15, 0.2) is 12.1 Å². The van der Waals surface area contributed by atoms with Gasteiger partial charge in [-0.3, -0.25) is 10.1 Å². The Kier molecular flexibility index (Phi) is 4.72. The molecule has 0 aliphatic carbocycles. The van der Waals surface area contributed by atoms with Crippen molar-refractivity contribution in [2.75, 3.05) is 0 Å². The SMILES string of the molecule is CC.O=[N+]([O-])c1cc(O)c(Cl)c(O)c1. The second kappa shape index (κ2) is 5.29. The lowest BCUT2D eigenvalue weighted by atomic mass is 10.3. The summed E-state index contributed by atoms with van der Waals surface area (Å²) in [6, 6.07) is 1.73. The van der Waals surface area contributed by atoms with Crippen molar-refractivity contribution in [3.8, 4) is 11.5 Å². The molecule has 0 fully saturated rings. The standard InChI is InChI=1S/C6H4ClNO4.C2H6/c7-6-4(9)1-3(8(11)12)2-5(6)10;1-2/h1-2,9-10H;1-2H3. The van der Waals surface area contributed by atoms with Crippen molar-refractivity contribution in [1.29, 1.82) is 0 Å². The van der Waals surface area contributed by atoms with E-state index in [4.69, 9.17) is 21.8 Å². The summed E-state index contributed by atoms with van der Waals surface area (Å²) in [5, 5.41) is 27.7. The molecular weight excluding hydrogens is 210 g/mol. The molecule has 2 N–H and O–H groups in total. The number of benzene rings is 1. The third-order valence-corrected chi connectivity index (χ3v) is 1.62. The number of hydrogen-bond donors (Lipinski definition) is 2. The quantitative estimate of drug-likeness (QED) is 0.562. The van der Waals surface area contributed by atoms with Gasteiger partial charge in [-0.1, -0.05) is 25.4 Å². The van der Waals surface area contributed by atoms with Gasteiger partial charge in [-0.2, -0.15) is 0 Å². The number of aromatic hydroxyl groups is 2. The number of phenols is 2. The molecule has 1 rings (SSSR count). The zero-order valence-corrected chi connectivity index (χ0v) is 8.45. The van der Waals surface area contributed by atoms with E-state index in [2.05, 4.69) is 0 Å². The summed E-state index contributed by atoms with van der Waals surface area (Å²) in [4.78, 5) is 9.42. The van der Waals surface area contributed by atoms with Crippen LogP contribution in [0.5, 0.6) is 11.5 Å². The fraction of sp³-hybridized carbons (Fsp3) is 0.250. The zero-order chi connectivity index (χ0) is 11.3. The Balaban J connectivity index is 0.000000791. The maximum atomic E-state index is 10.2. The third kappa shape index (κ3) is 2.77. The van der Waals surface area contributed by atoms with Gasteiger partial charge in [0.15, 0.2) is 0 Å². The van der Waals surface area contributed by atoms with E-state index in [1.54, 1.807) is 0 Å². The summed E-state index contributed by atoms with van der Waals surface area (Å²) in [6.07, 6.45) is 0. The van der Waals surface area contributed by atoms with Crippen molar-refractivity contribution < 1.29 is 15.1 Å².